The Morgan fingerprint density at radius 2 is 2.00 bits per heavy atom. The van der Waals surface area contributed by atoms with Crippen LogP contribution in [-0.4, -0.2) is 36.9 Å². The third-order valence-corrected chi connectivity index (χ3v) is 2.98. The van der Waals surface area contributed by atoms with Crippen LogP contribution in [0.2, 0.25) is 0 Å². The SMILES string of the molecule is COc1ccc(CN2CC(=O)NC(=O)C2)cc1CN. The van der Waals surface area contributed by atoms with E-state index in [0.29, 0.717) is 13.1 Å². The van der Waals surface area contributed by atoms with E-state index in [-0.39, 0.29) is 24.9 Å². The number of imide groups is 1. The van der Waals surface area contributed by atoms with Gasteiger partial charge in [-0.05, 0) is 17.7 Å². The number of hydrogen-bond donors (Lipinski definition) is 2. The van der Waals surface area contributed by atoms with Gasteiger partial charge in [0.05, 0.1) is 20.2 Å². The fourth-order valence-electron chi connectivity index (χ4n) is 2.16. The van der Waals surface area contributed by atoms with Crippen molar-refractivity contribution in [3.05, 3.63) is 29.3 Å². The maximum atomic E-state index is 11.3. The van der Waals surface area contributed by atoms with Crippen LogP contribution in [0.5, 0.6) is 5.75 Å². The number of ether oxygens (including phenoxy) is 1. The van der Waals surface area contributed by atoms with Gasteiger partial charge in [-0.2, -0.15) is 0 Å². The molecule has 1 aliphatic heterocycles. The van der Waals surface area contributed by atoms with Crippen LogP contribution in [0.4, 0.5) is 0 Å². The van der Waals surface area contributed by atoms with Crippen molar-refractivity contribution in [1.29, 1.82) is 0 Å². The first-order valence-corrected chi connectivity index (χ1v) is 6.03. The van der Waals surface area contributed by atoms with E-state index in [1.54, 1.807) is 12.0 Å². The van der Waals surface area contributed by atoms with Crippen molar-refractivity contribution < 1.29 is 14.3 Å². The number of hydrogen-bond acceptors (Lipinski definition) is 5. The Hall–Kier alpha value is -1.92. The van der Waals surface area contributed by atoms with Crippen LogP contribution in [-0.2, 0) is 22.7 Å². The number of rotatable bonds is 4. The molecule has 0 aliphatic carbocycles. The summed E-state index contributed by atoms with van der Waals surface area (Å²) in [6, 6.07) is 5.70. The van der Waals surface area contributed by atoms with E-state index in [9.17, 15) is 9.59 Å². The second-order valence-corrected chi connectivity index (χ2v) is 4.47. The number of nitrogens with zero attached hydrogens (tertiary/aromatic N) is 1. The van der Waals surface area contributed by atoms with Gasteiger partial charge >= 0.3 is 0 Å². The number of carbonyl (C=O) groups excluding carboxylic acids is 2. The molecule has 6 heteroatoms. The summed E-state index contributed by atoms with van der Waals surface area (Å²) in [5.74, 6) is 0.228. The number of methoxy groups -OCH3 is 1. The van der Waals surface area contributed by atoms with E-state index in [4.69, 9.17) is 10.5 Å². The lowest BCUT2D eigenvalue weighted by molar-refractivity contribution is -0.136. The molecule has 0 atom stereocenters. The Labute approximate surface area is 111 Å². The van der Waals surface area contributed by atoms with Crippen molar-refractivity contribution in [3.63, 3.8) is 0 Å². The average Bonchev–Trinajstić information content (AvgIpc) is 2.37. The molecule has 0 saturated carbocycles. The zero-order chi connectivity index (χ0) is 13.8. The zero-order valence-electron chi connectivity index (χ0n) is 10.8. The minimum Gasteiger partial charge on any atom is -0.496 e. The fraction of sp³-hybridized carbons (Fsp3) is 0.385. The number of amides is 2. The van der Waals surface area contributed by atoms with Gasteiger partial charge in [0.15, 0.2) is 0 Å². The Kier molecular flexibility index (Phi) is 4.13. The lowest BCUT2D eigenvalue weighted by Crippen LogP contribution is -2.50. The number of piperazine rings is 1. The highest BCUT2D eigenvalue weighted by atomic mass is 16.5. The van der Waals surface area contributed by atoms with Crippen molar-refractivity contribution in [2.45, 2.75) is 13.1 Å². The van der Waals surface area contributed by atoms with Crippen LogP contribution < -0.4 is 15.8 Å². The first-order chi connectivity index (χ1) is 9.12. The van der Waals surface area contributed by atoms with Gasteiger partial charge in [0, 0.05) is 18.7 Å². The standard InChI is InChI=1S/C13H17N3O3/c1-19-11-3-2-9(4-10(11)5-14)6-16-7-12(17)15-13(18)8-16/h2-4H,5-8,14H2,1H3,(H,15,17,18). The molecule has 1 aromatic carbocycles. The number of benzene rings is 1. The van der Waals surface area contributed by atoms with E-state index < -0.39 is 0 Å². The smallest absolute Gasteiger partial charge is 0.240 e. The van der Waals surface area contributed by atoms with Crippen molar-refractivity contribution in [1.82, 2.24) is 10.2 Å². The molecule has 0 spiro atoms. The number of nitrogens with one attached hydrogen (secondary N) is 1. The molecule has 2 rings (SSSR count). The summed E-state index contributed by atoms with van der Waals surface area (Å²) < 4.78 is 5.20. The van der Waals surface area contributed by atoms with E-state index >= 15 is 0 Å². The van der Waals surface area contributed by atoms with E-state index in [1.807, 2.05) is 18.2 Å². The fourth-order valence-corrected chi connectivity index (χ4v) is 2.16. The minimum atomic E-state index is -0.260. The molecule has 102 valence electrons. The van der Waals surface area contributed by atoms with Crippen LogP contribution in [0, 0.1) is 0 Å². The van der Waals surface area contributed by atoms with Gasteiger partial charge in [0.25, 0.3) is 0 Å². The zero-order valence-corrected chi connectivity index (χ0v) is 10.8. The Morgan fingerprint density at radius 3 is 2.58 bits per heavy atom. The minimum absolute atomic E-state index is 0.232. The van der Waals surface area contributed by atoms with E-state index in [2.05, 4.69) is 5.32 Å². The highest BCUT2D eigenvalue weighted by molar-refractivity contribution is 5.99. The molecule has 0 unspecified atom stereocenters. The third kappa shape index (κ3) is 3.30. The Morgan fingerprint density at radius 1 is 1.32 bits per heavy atom. The summed E-state index contributed by atoms with van der Waals surface area (Å²) in [6.45, 7) is 1.39. The summed E-state index contributed by atoms with van der Waals surface area (Å²) in [5, 5.41) is 2.28. The molecule has 3 N–H and O–H groups in total. The maximum absolute atomic E-state index is 11.3. The summed E-state index contributed by atoms with van der Waals surface area (Å²) >= 11 is 0. The van der Waals surface area contributed by atoms with Crippen molar-refractivity contribution in [3.8, 4) is 5.75 Å². The van der Waals surface area contributed by atoms with Crippen LogP contribution in [0.1, 0.15) is 11.1 Å². The first-order valence-electron chi connectivity index (χ1n) is 6.03. The van der Waals surface area contributed by atoms with Gasteiger partial charge in [-0.3, -0.25) is 19.8 Å². The third-order valence-electron chi connectivity index (χ3n) is 2.98. The summed E-state index contributed by atoms with van der Waals surface area (Å²) in [7, 11) is 1.60. The highest BCUT2D eigenvalue weighted by Crippen LogP contribution is 2.20. The lowest BCUT2D eigenvalue weighted by atomic mass is 10.1. The van der Waals surface area contributed by atoms with Crippen molar-refractivity contribution in [2.75, 3.05) is 20.2 Å². The molecule has 6 nitrogen and oxygen atoms in total. The van der Waals surface area contributed by atoms with Crippen LogP contribution in [0.15, 0.2) is 18.2 Å². The van der Waals surface area contributed by atoms with Gasteiger partial charge in [0.1, 0.15) is 5.75 Å². The molecule has 0 radical (unpaired) electrons. The topological polar surface area (TPSA) is 84.7 Å². The van der Waals surface area contributed by atoms with Crippen LogP contribution in [0.25, 0.3) is 0 Å². The predicted octanol–water partition coefficient (Wildman–Crippen LogP) is -0.388. The van der Waals surface area contributed by atoms with E-state index in [1.165, 1.54) is 0 Å². The summed E-state index contributed by atoms with van der Waals surface area (Å²) in [4.78, 5) is 24.4. The lowest BCUT2D eigenvalue weighted by Gasteiger charge is -2.25. The molecular formula is C13H17N3O3. The molecule has 1 saturated heterocycles. The van der Waals surface area contributed by atoms with Gasteiger partial charge in [-0.1, -0.05) is 6.07 Å². The second-order valence-electron chi connectivity index (χ2n) is 4.47. The molecule has 19 heavy (non-hydrogen) atoms. The molecule has 0 aromatic heterocycles. The molecular weight excluding hydrogens is 246 g/mol. The van der Waals surface area contributed by atoms with Gasteiger partial charge in [-0.15, -0.1) is 0 Å². The molecule has 1 fully saturated rings. The van der Waals surface area contributed by atoms with Crippen LogP contribution >= 0.6 is 0 Å². The molecule has 2 amide bonds. The Balaban J connectivity index is 2.10. The quantitative estimate of drug-likeness (QED) is 0.723. The normalized spacial score (nSPS) is 16.3. The average molecular weight is 263 g/mol. The maximum Gasteiger partial charge on any atom is 0.240 e. The van der Waals surface area contributed by atoms with Gasteiger partial charge in [-0.25, -0.2) is 0 Å². The van der Waals surface area contributed by atoms with Crippen molar-refractivity contribution >= 4 is 11.8 Å². The Bertz CT molecular complexity index is 486. The largest absolute Gasteiger partial charge is 0.496 e. The van der Waals surface area contributed by atoms with E-state index in [0.717, 1.165) is 16.9 Å². The van der Waals surface area contributed by atoms with Gasteiger partial charge < -0.3 is 10.5 Å². The monoisotopic (exact) mass is 263 g/mol. The first kappa shape index (κ1) is 13.5. The second kappa shape index (κ2) is 5.81. The summed E-state index contributed by atoms with van der Waals surface area (Å²) in [6.07, 6.45) is 0. The molecule has 1 aromatic rings. The van der Waals surface area contributed by atoms with Gasteiger partial charge in [0.2, 0.25) is 11.8 Å². The molecule has 1 heterocycles. The predicted molar refractivity (Wildman–Crippen MR) is 69.3 cm³/mol. The highest BCUT2D eigenvalue weighted by Gasteiger charge is 2.22. The summed E-state index contributed by atoms with van der Waals surface area (Å²) in [5.41, 5.74) is 7.57. The molecule has 1 aliphatic rings. The van der Waals surface area contributed by atoms with Crippen LogP contribution in [0.3, 0.4) is 0 Å². The molecule has 0 bridgehead atoms. The number of carbonyl (C=O) groups is 2. The number of nitrogens with two attached hydrogens (primary N) is 1. The van der Waals surface area contributed by atoms with Crippen molar-refractivity contribution in [2.24, 2.45) is 5.73 Å².